The molecule has 0 radical (unpaired) electrons. The van der Waals surface area contributed by atoms with E-state index in [1.54, 1.807) is 4.90 Å². The quantitative estimate of drug-likeness (QED) is 0.893. The Kier molecular flexibility index (Phi) is 4.04. The molecule has 1 saturated carbocycles. The van der Waals surface area contributed by atoms with Gasteiger partial charge >= 0.3 is 0 Å². The molecule has 0 spiro atoms. The number of amides is 1. The second kappa shape index (κ2) is 6.11. The molecule has 0 unspecified atom stereocenters. The fraction of sp³-hybridized carbons (Fsp3) is 0.579. The van der Waals surface area contributed by atoms with E-state index >= 15 is 0 Å². The molecule has 134 valence electrons. The van der Waals surface area contributed by atoms with Gasteiger partial charge in [0.25, 0.3) is 0 Å². The molecule has 1 saturated heterocycles. The number of nitrogens with zero attached hydrogens (tertiary/aromatic N) is 4. The predicted molar refractivity (Wildman–Crippen MR) is 96.4 cm³/mol. The number of aromatic nitrogens is 2. The van der Waals surface area contributed by atoms with Gasteiger partial charge in [-0.3, -0.25) is 4.79 Å². The third-order valence-corrected chi connectivity index (χ3v) is 5.22. The maximum absolute atomic E-state index is 12.9. The Morgan fingerprint density at radius 1 is 1.36 bits per heavy atom. The van der Waals surface area contributed by atoms with E-state index in [9.17, 15) is 9.90 Å². The molecule has 1 aromatic carbocycles. The number of benzene rings is 1. The molecule has 1 amide bonds. The molecule has 1 N–H and O–H groups in total. The van der Waals surface area contributed by atoms with Crippen LogP contribution in [0.1, 0.15) is 31.0 Å². The molecule has 6 heteroatoms. The van der Waals surface area contributed by atoms with Crippen molar-refractivity contribution in [2.24, 2.45) is 0 Å². The van der Waals surface area contributed by atoms with Crippen molar-refractivity contribution >= 4 is 16.9 Å². The lowest BCUT2D eigenvalue weighted by molar-refractivity contribution is -0.131. The van der Waals surface area contributed by atoms with Gasteiger partial charge in [0.1, 0.15) is 12.4 Å². The second-order valence-electron chi connectivity index (χ2n) is 7.85. The summed E-state index contributed by atoms with van der Waals surface area (Å²) in [7, 11) is 3.89. The zero-order valence-corrected chi connectivity index (χ0v) is 15.0. The van der Waals surface area contributed by atoms with Crippen molar-refractivity contribution in [3.8, 4) is 0 Å². The maximum Gasteiger partial charge on any atom is 0.242 e. The largest absolute Gasteiger partial charge is 0.387 e. The van der Waals surface area contributed by atoms with Crippen molar-refractivity contribution in [1.82, 2.24) is 19.4 Å². The first kappa shape index (κ1) is 16.5. The molecular weight excluding hydrogens is 316 g/mol. The van der Waals surface area contributed by atoms with E-state index in [0.29, 0.717) is 38.5 Å². The number of para-hydroxylation sites is 2. The van der Waals surface area contributed by atoms with Crippen LogP contribution in [0.3, 0.4) is 0 Å². The summed E-state index contributed by atoms with van der Waals surface area (Å²) in [6.07, 6.45) is 2.95. The summed E-state index contributed by atoms with van der Waals surface area (Å²) in [6.45, 7) is 1.92. The van der Waals surface area contributed by atoms with Crippen molar-refractivity contribution in [2.45, 2.75) is 37.3 Å². The smallest absolute Gasteiger partial charge is 0.242 e. The predicted octanol–water partition coefficient (Wildman–Crippen LogP) is 1.44. The normalized spacial score (nSPS) is 23.8. The number of likely N-dealkylation sites (N-methyl/N-ethyl adjacent to an activating group) is 1. The first-order chi connectivity index (χ1) is 12.0. The lowest BCUT2D eigenvalue weighted by atomic mass is 10.0. The molecule has 6 nitrogen and oxygen atoms in total. The van der Waals surface area contributed by atoms with Gasteiger partial charge in [0, 0.05) is 19.0 Å². The number of imidazole rings is 1. The van der Waals surface area contributed by atoms with E-state index in [0.717, 1.165) is 29.7 Å². The van der Waals surface area contributed by atoms with Crippen LogP contribution < -0.4 is 0 Å². The van der Waals surface area contributed by atoms with Crippen LogP contribution in [-0.4, -0.2) is 69.7 Å². The molecule has 1 atom stereocenters. The van der Waals surface area contributed by atoms with Crippen LogP contribution in [0.4, 0.5) is 0 Å². The summed E-state index contributed by atoms with van der Waals surface area (Å²) in [5.41, 5.74) is 1.19. The number of hydrogen-bond donors (Lipinski definition) is 1. The first-order valence-electron chi connectivity index (χ1n) is 9.05. The van der Waals surface area contributed by atoms with E-state index in [-0.39, 0.29) is 5.91 Å². The topological polar surface area (TPSA) is 61.6 Å². The highest BCUT2D eigenvalue weighted by Crippen LogP contribution is 2.40. The number of likely N-dealkylation sites (tertiary alicyclic amines) is 1. The number of carbonyl (C=O) groups excluding carboxylic acids is 1. The van der Waals surface area contributed by atoms with Crippen LogP contribution >= 0.6 is 0 Å². The SMILES string of the molecule is CN(C)C[C@@]1(O)CCN(C(=O)Cn2c(C3CC3)nc3ccccc32)C1. The molecule has 25 heavy (non-hydrogen) atoms. The molecule has 2 fully saturated rings. The molecular formula is C19H26N4O2. The van der Waals surface area contributed by atoms with Gasteiger partial charge in [0.15, 0.2) is 0 Å². The summed E-state index contributed by atoms with van der Waals surface area (Å²) in [5.74, 6) is 1.60. The fourth-order valence-corrected chi connectivity index (χ4v) is 3.94. The number of hydrogen-bond acceptors (Lipinski definition) is 4. The summed E-state index contributed by atoms with van der Waals surface area (Å²) in [5, 5.41) is 10.7. The van der Waals surface area contributed by atoms with Crippen molar-refractivity contribution < 1.29 is 9.90 Å². The summed E-state index contributed by atoms with van der Waals surface area (Å²) in [4.78, 5) is 21.4. The highest BCUT2D eigenvalue weighted by molar-refractivity contribution is 5.81. The molecule has 1 aliphatic carbocycles. The van der Waals surface area contributed by atoms with Crippen molar-refractivity contribution in [3.63, 3.8) is 0 Å². The lowest BCUT2D eigenvalue weighted by Gasteiger charge is -2.26. The van der Waals surface area contributed by atoms with Crippen LogP contribution in [0.2, 0.25) is 0 Å². The van der Waals surface area contributed by atoms with Crippen LogP contribution in [0.15, 0.2) is 24.3 Å². The third kappa shape index (κ3) is 3.28. The number of rotatable bonds is 5. The molecule has 1 aliphatic heterocycles. The highest BCUT2D eigenvalue weighted by atomic mass is 16.3. The Morgan fingerprint density at radius 2 is 2.12 bits per heavy atom. The molecule has 2 aromatic rings. The summed E-state index contributed by atoms with van der Waals surface area (Å²) < 4.78 is 2.08. The molecule has 1 aromatic heterocycles. The zero-order valence-electron chi connectivity index (χ0n) is 15.0. The fourth-order valence-electron chi connectivity index (χ4n) is 3.94. The minimum Gasteiger partial charge on any atom is -0.387 e. The average Bonchev–Trinajstić information content (AvgIpc) is 3.24. The Morgan fingerprint density at radius 3 is 2.84 bits per heavy atom. The average molecular weight is 342 g/mol. The van der Waals surface area contributed by atoms with Gasteiger partial charge in [-0.1, -0.05) is 12.1 Å². The summed E-state index contributed by atoms with van der Waals surface area (Å²) in [6, 6.07) is 8.02. The Labute approximate surface area is 148 Å². The standard InChI is InChI=1S/C19H26N4O2/c1-21(2)12-19(25)9-10-22(13-19)17(24)11-23-16-6-4-3-5-15(16)20-18(23)14-7-8-14/h3-6,14,25H,7-13H2,1-2H3/t19-/m0/s1. The van der Waals surface area contributed by atoms with Gasteiger partial charge in [0.05, 0.1) is 23.2 Å². The number of fused-ring (bicyclic) bond motifs is 1. The van der Waals surface area contributed by atoms with Crippen molar-refractivity contribution in [1.29, 1.82) is 0 Å². The van der Waals surface area contributed by atoms with Crippen LogP contribution in [0.5, 0.6) is 0 Å². The monoisotopic (exact) mass is 342 g/mol. The van der Waals surface area contributed by atoms with E-state index in [2.05, 4.69) is 4.57 Å². The Balaban J connectivity index is 1.54. The first-order valence-corrected chi connectivity index (χ1v) is 9.05. The van der Waals surface area contributed by atoms with Gasteiger partial charge in [-0.25, -0.2) is 4.98 Å². The molecule has 2 aliphatic rings. The van der Waals surface area contributed by atoms with Crippen molar-refractivity contribution in [2.75, 3.05) is 33.7 Å². The van der Waals surface area contributed by atoms with Crippen LogP contribution in [-0.2, 0) is 11.3 Å². The maximum atomic E-state index is 12.9. The number of aliphatic hydroxyl groups is 1. The molecule has 2 heterocycles. The minimum atomic E-state index is -0.796. The van der Waals surface area contributed by atoms with E-state index in [4.69, 9.17) is 4.98 Å². The Bertz CT molecular complexity index is 796. The van der Waals surface area contributed by atoms with Gasteiger partial charge in [-0.05, 0) is 45.5 Å². The van der Waals surface area contributed by atoms with Crippen LogP contribution in [0.25, 0.3) is 11.0 Å². The zero-order chi connectivity index (χ0) is 17.6. The Hall–Kier alpha value is -1.92. The number of β-amino-alcohol motifs (C(OH)–C–C–N with tert-alkyl or cyclic N) is 1. The van der Waals surface area contributed by atoms with E-state index in [1.165, 1.54) is 0 Å². The van der Waals surface area contributed by atoms with Gasteiger partial charge in [-0.2, -0.15) is 0 Å². The van der Waals surface area contributed by atoms with Gasteiger partial charge < -0.3 is 19.5 Å². The lowest BCUT2D eigenvalue weighted by Crippen LogP contribution is -2.44. The molecule has 0 bridgehead atoms. The van der Waals surface area contributed by atoms with Gasteiger partial charge in [-0.15, -0.1) is 0 Å². The van der Waals surface area contributed by atoms with E-state index < -0.39 is 5.60 Å². The van der Waals surface area contributed by atoms with Crippen molar-refractivity contribution in [3.05, 3.63) is 30.1 Å². The molecule has 4 rings (SSSR count). The highest BCUT2D eigenvalue weighted by Gasteiger charge is 2.39. The van der Waals surface area contributed by atoms with Crippen LogP contribution in [0, 0.1) is 0 Å². The minimum absolute atomic E-state index is 0.0692. The van der Waals surface area contributed by atoms with E-state index in [1.807, 2.05) is 43.3 Å². The second-order valence-corrected chi connectivity index (χ2v) is 7.85. The summed E-state index contributed by atoms with van der Waals surface area (Å²) >= 11 is 0. The third-order valence-electron chi connectivity index (χ3n) is 5.22. The van der Waals surface area contributed by atoms with Gasteiger partial charge in [0.2, 0.25) is 5.91 Å². The number of carbonyl (C=O) groups is 1.